The van der Waals surface area contributed by atoms with Crippen LogP contribution in [-0.2, 0) is 0 Å². The Morgan fingerprint density at radius 1 is 1.33 bits per heavy atom. The molecule has 0 unspecified atom stereocenters. The third kappa shape index (κ3) is 2.67. The van der Waals surface area contributed by atoms with E-state index in [-0.39, 0.29) is 5.91 Å². The van der Waals surface area contributed by atoms with E-state index >= 15 is 0 Å². The fraction of sp³-hybridized carbons (Fsp3) is 0.545. The number of nitrogens with zero attached hydrogens (tertiary/aromatic N) is 3. The number of hydrogen-bond acceptors (Lipinski definition) is 6. The first kappa shape index (κ1) is 12.6. The number of amides is 1. The molecule has 1 aliphatic rings. The largest absolute Gasteiger partial charge is 0.357 e. The van der Waals surface area contributed by atoms with Crippen LogP contribution in [-0.4, -0.2) is 56.1 Å². The number of piperazine rings is 1. The maximum atomic E-state index is 11.7. The van der Waals surface area contributed by atoms with Crippen molar-refractivity contribution in [3.8, 4) is 0 Å². The molecule has 1 fully saturated rings. The van der Waals surface area contributed by atoms with Gasteiger partial charge in [-0.05, 0) is 0 Å². The molecule has 0 radical (unpaired) electrons. The average Bonchev–Trinajstić information content (AvgIpc) is 2.46. The van der Waals surface area contributed by atoms with Crippen LogP contribution < -0.4 is 20.9 Å². The normalized spacial score (nSPS) is 15.3. The molecule has 1 amide bonds. The fourth-order valence-corrected chi connectivity index (χ4v) is 1.85. The molecule has 1 aliphatic heterocycles. The molecule has 3 N–H and O–H groups in total. The molecule has 7 heteroatoms. The molecular weight excluding hydrogens is 232 g/mol. The maximum Gasteiger partial charge on any atom is 0.269 e. The van der Waals surface area contributed by atoms with Crippen molar-refractivity contribution in [2.75, 3.05) is 50.5 Å². The Bertz CT molecular complexity index is 430. The van der Waals surface area contributed by atoms with Gasteiger partial charge in [-0.2, -0.15) is 4.98 Å². The van der Waals surface area contributed by atoms with Crippen molar-refractivity contribution in [2.24, 2.45) is 0 Å². The third-order valence-corrected chi connectivity index (χ3v) is 2.84. The van der Waals surface area contributed by atoms with Gasteiger partial charge in [-0.1, -0.05) is 0 Å². The first-order valence-corrected chi connectivity index (χ1v) is 5.99. The molecule has 18 heavy (non-hydrogen) atoms. The number of carbonyl (C=O) groups is 1. The number of hydrogen-bond donors (Lipinski definition) is 3. The van der Waals surface area contributed by atoms with Gasteiger partial charge in [0.2, 0.25) is 5.95 Å². The summed E-state index contributed by atoms with van der Waals surface area (Å²) in [6.07, 6.45) is 0. The van der Waals surface area contributed by atoms with Crippen LogP contribution in [0.4, 0.5) is 11.8 Å². The predicted octanol–water partition coefficient (Wildman–Crippen LogP) is -0.712. The van der Waals surface area contributed by atoms with Crippen LogP contribution in [0, 0.1) is 0 Å². The van der Waals surface area contributed by atoms with Crippen molar-refractivity contribution in [3.63, 3.8) is 0 Å². The Kier molecular flexibility index (Phi) is 3.93. The highest BCUT2D eigenvalue weighted by atomic mass is 16.1. The summed E-state index contributed by atoms with van der Waals surface area (Å²) in [6.45, 7) is 3.61. The molecule has 2 heterocycles. The van der Waals surface area contributed by atoms with Crippen molar-refractivity contribution >= 4 is 17.7 Å². The zero-order valence-corrected chi connectivity index (χ0v) is 10.7. The molecule has 0 saturated carbocycles. The molecule has 0 aliphatic carbocycles. The van der Waals surface area contributed by atoms with Gasteiger partial charge < -0.3 is 20.9 Å². The number of carbonyl (C=O) groups excluding carboxylic acids is 1. The van der Waals surface area contributed by atoms with Gasteiger partial charge in [0, 0.05) is 46.3 Å². The van der Waals surface area contributed by atoms with E-state index in [9.17, 15) is 4.79 Å². The lowest BCUT2D eigenvalue weighted by Gasteiger charge is -2.28. The lowest BCUT2D eigenvalue weighted by atomic mass is 10.3. The van der Waals surface area contributed by atoms with Gasteiger partial charge in [0.15, 0.2) is 0 Å². The minimum absolute atomic E-state index is 0.203. The number of aromatic nitrogens is 2. The van der Waals surface area contributed by atoms with Crippen LogP contribution >= 0.6 is 0 Å². The second kappa shape index (κ2) is 5.63. The molecule has 0 spiro atoms. The number of rotatable bonds is 3. The highest BCUT2D eigenvalue weighted by Crippen LogP contribution is 2.15. The van der Waals surface area contributed by atoms with E-state index in [4.69, 9.17) is 0 Å². The molecular formula is C11H18N6O. The predicted molar refractivity (Wildman–Crippen MR) is 70.1 cm³/mol. The monoisotopic (exact) mass is 250 g/mol. The van der Waals surface area contributed by atoms with Gasteiger partial charge >= 0.3 is 0 Å². The second-order valence-electron chi connectivity index (χ2n) is 4.00. The Balaban J connectivity index is 2.30. The fourth-order valence-electron chi connectivity index (χ4n) is 1.85. The van der Waals surface area contributed by atoms with E-state index in [2.05, 4.69) is 30.8 Å². The molecule has 98 valence electrons. The molecule has 1 aromatic heterocycles. The van der Waals surface area contributed by atoms with Crippen LogP contribution in [0.25, 0.3) is 0 Å². The van der Waals surface area contributed by atoms with Gasteiger partial charge in [-0.3, -0.25) is 4.79 Å². The minimum atomic E-state index is -0.203. The summed E-state index contributed by atoms with van der Waals surface area (Å²) in [5, 5.41) is 8.74. The number of anilines is 2. The zero-order chi connectivity index (χ0) is 13.0. The summed E-state index contributed by atoms with van der Waals surface area (Å²) < 4.78 is 0. The van der Waals surface area contributed by atoms with Crippen LogP contribution in [0.5, 0.6) is 0 Å². The summed E-state index contributed by atoms with van der Waals surface area (Å²) in [5.74, 6) is 1.05. The van der Waals surface area contributed by atoms with Crippen LogP contribution in [0.1, 0.15) is 10.5 Å². The lowest BCUT2D eigenvalue weighted by molar-refractivity contribution is 0.0958. The van der Waals surface area contributed by atoms with Crippen LogP contribution in [0.3, 0.4) is 0 Å². The summed E-state index contributed by atoms with van der Waals surface area (Å²) >= 11 is 0. The maximum absolute atomic E-state index is 11.7. The molecule has 0 bridgehead atoms. The highest BCUT2D eigenvalue weighted by Gasteiger charge is 2.16. The van der Waals surface area contributed by atoms with Gasteiger partial charge in [0.05, 0.1) is 0 Å². The Hall–Kier alpha value is -1.89. The van der Waals surface area contributed by atoms with E-state index in [0.717, 1.165) is 32.0 Å². The van der Waals surface area contributed by atoms with Gasteiger partial charge in [-0.15, -0.1) is 0 Å². The lowest BCUT2D eigenvalue weighted by Crippen LogP contribution is -2.44. The summed E-state index contributed by atoms with van der Waals surface area (Å²) in [7, 11) is 3.33. The smallest absolute Gasteiger partial charge is 0.269 e. The van der Waals surface area contributed by atoms with E-state index in [1.54, 1.807) is 20.2 Å². The van der Waals surface area contributed by atoms with E-state index < -0.39 is 0 Å². The first-order chi connectivity index (χ1) is 8.74. The van der Waals surface area contributed by atoms with Gasteiger partial charge in [0.25, 0.3) is 5.91 Å². The topological polar surface area (TPSA) is 82.2 Å². The SMILES string of the molecule is CNC(=O)c1cc(N2CCNCC2)nc(NC)n1. The average molecular weight is 250 g/mol. The number of nitrogens with one attached hydrogen (secondary N) is 3. The standard InChI is InChI=1S/C11H18N6O/c1-12-10(18)8-7-9(16-11(13-2)15-8)17-5-3-14-4-6-17/h7,14H,3-6H2,1-2H3,(H,12,18)(H,13,15,16). The van der Waals surface area contributed by atoms with Crippen LogP contribution in [0.2, 0.25) is 0 Å². The van der Waals surface area contributed by atoms with E-state index in [1.807, 2.05) is 0 Å². The molecule has 7 nitrogen and oxygen atoms in total. The van der Waals surface area contributed by atoms with Crippen molar-refractivity contribution in [1.29, 1.82) is 0 Å². The summed E-state index contributed by atoms with van der Waals surface area (Å²) in [6, 6.07) is 1.73. The Morgan fingerprint density at radius 3 is 2.67 bits per heavy atom. The van der Waals surface area contributed by atoms with E-state index in [0.29, 0.717) is 11.6 Å². The molecule has 0 atom stereocenters. The third-order valence-electron chi connectivity index (χ3n) is 2.84. The second-order valence-corrected chi connectivity index (χ2v) is 4.00. The van der Waals surface area contributed by atoms with Crippen molar-refractivity contribution in [1.82, 2.24) is 20.6 Å². The van der Waals surface area contributed by atoms with Crippen molar-refractivity contribution < 1.29 is 4.79 Å². The van der Waals surface area contributed by atoms with Crippen LogP contribution in [0.15, 0.2) is 6.07 Å². The molecule has 0 aromatic carbocycles. The Labute approximate surface area is 106 Å². The van der Waals surface area contributed by atoms with E-state index in [1.165, 1.54) is 0 Å². The summed E-state index contributed by atoms with van der Waals surface area (Å²) in [5.41, 5.74) is 0.380. The van der Waals surface area contributed by atoms with Crippen molar-refractivity contribution in [2.45, 2.75) is 0 Å². The zero-order valence-electron chi connectivity index (χ0n) is 10.7. The van der Waals surface area contributed by atoms with Gasteiger partial charge in [0.1, 0.15) is 11.5 Å². The highest BCUT2D eigenvalue weighted by molar-refractivity contribution is 5.93. The van der Waals surface area contributed by atoms with Gasteiger partial charge in [-0.25, -0.2) is 4.98 Å². The Morgan fingerprint density at radius 2 is 2.06 bits per heavy atom. The summed E-state index contributed by atoms with van der Waals surface area (Å²) in [4.78, 5) is 22.3. The molecule has 1 aromatic rings. The molecule has 2 rings (SSSR count). The molecule has 1 saturated heterocycles. The quantitative estimate of drug-likeness (QED) is 0.657. The minimum Gasteiger partial charge on any atom is -0.357 e. The first-order valence-electron chi connectivity index (χ1n) is 5.99. The van der Waals surface area contributed by atoms with Crippen molar-refractivity contribution in [3.05, 3.63) is 11.8 Å².